The molecule has 0 unspecified atom stereocenters. The Balaban J connectivity index is 2.69. The number of hydrogen-bond acceptors (Lipinski definition) is 3. The molecule has 0 spiro atoms. The molecule has 0 atom stereocenters. The van der Waals surface area contributed by atoms with E-state index in [0.717, 1.165) is 18.5 Å². The van der Waals surface area contributed by atoms with Crippen LogP contribution in [0, 0.1) is 0 Å². The predicted molar refractivity (Wildman–Crippen MR) is 79.6 cm³/mol. The number of allylic oxidation sites excluding steroid dienone is 2. The summed E-state index contributed by atoms with van der Waals surface area (Å²) in [6.07, 6.45) is 0.991. The zero-order valence-electron chi connectivity index (χ0n) is 10.8. The van der Waals surface area contributed by atoms with Crippen molar-refractivity contribution < 1.29 is 4.74 Å². The zero-order chi connectivity index (χ0) is 13.4. The van der Waals surface area contributed by atoms with E-state index in [2.05, 4.69) is 27.8 Å². The third kappa shape index (κ3) is 4.92. The fourth-order valence-electron chi connectivity index (χ4n) is 1.35. The van der Waals surface area contributed by atoms with Crippen molar-refractivity contribution in [2.75, 3.05) is 6.54 Å². The summed E-state index contributed by atoms with van der Waals surface area (Å²) in [6.45, 7) is 5.13. The summed E-state index contributed by atoms with van der Waals surface area (Å²) in [5, 5.41) is 0. The molecule has 0 aliphatic carbocycles. The van der Waals surface area contributed by atoms with Crippen LogP contribution in [-0.4, -0.2) is 11.2 Å². The molecule has 0 aromatic heterocycles. The van der Waals surface area contributed by atoms with Crippen molar-refractivity contribution >= 4 is 20.6 Å². The van der Waals surface area contributed by atoms with E-state index in [9.17, 15) is 0 Å². The molecule has 98 valence electrons. The van der Waals surface area contributed by atoms with Crippen molar-refractivity contribution in [3.05, 3.63) is 47.4 Å². The Bertz CT molecular complexity index is 423. The first-order valence-corrected chi connectivity index (χ1v) is 6.77. The van der Waals surface area contributed by atoms with Crippen LogP contribution >= 0.6 is 15.9 Å². The monoisotopic (exact) mass is 310 g/mol. The second-order valence-corrected chi connectivity index (χ2v) is 4.71. The van der Waals surface area contributed by atoms with E-state index in [1.807, 2.05) is 37.3 Å². The highest BCUT2D eigenvalue weighted by atomic mass is 79.9. The quantitative estimate of drug-likeness (QED) is 0.644. The minimum absolute atomic E-state index is 0.488. The lowest BCUT2D eigenvalue weighted by Crippen LogP contribution is -2.09. The number of benzene rings is 1. The molecular weight excluding hydrogens is 292 g/mol. The number of hydrogen-bond donors (Lipinski definition) is 1. The fraction of sp³-hybridized carbons (Fsp3) is 0.357. The van der Waals surface area contributed by atoms with Gasteiger partial charge < -0.3 is 10.5 Å². The lowest BCUT2D eigenvalue weighted by molar-refractivity contribution is 0.215. The van der Waals surface area contributed by atoms with Gasteiger partial charge in [-0.05, 0) is 34.8 Å². The highest BCUT2D eigenvalue weighted by Gasteiger charge is 2.08. The molecule has 0 radical (unpaired) electrons. The summed E-state index contributed by atoms with van der Waals surface area (Å²) < 4.78 is 6.41. The van der Waals surface area contributed by atoms with Crippen LogP contribution in [0.5, 0.6) is 0 Å². The molecule has 0 bridgehead atoms. The smallest absolute Gasteiger partial charge is 0.170 e. The molecule has 2 N–H and O–H groups in total. The molecule has 18 heavy (non-hydrogen) atoms. The third-order valence-electron chi connectivity index (χ3n) is 2.25. The first-order valence-electron chi connectivity index (χ1n) is 5.98. The van der Waals surface area contributed by atoms with Gasteiger partial charge in [0.05, 0.1) is 5.70 Å². The van der Waals surface area contributed by atoms with E-state index in [1.165, 1.54) is 0 Å². The van der Waals surface area contributed by atoms with Crippen molar-refractivity contribution in [2.45, 2.75) is 26.9 Å². The topological polar surface area (TPSA) is 47.6 Å². The molecule has 0 amide bonds. The summed E-state index contributed by atoms with van der Waals surface area (Å²) in [5.41, 5.74) is 7.54. The minimum Gasteiger partial charge on any atom is -0.484 e. The van der Waals surface area contributed by atoms with Crippen molar-refractivity contribution in [3.63, 3.8) is 0 Å². The first-order chi connectivity index (χ1) is 8.65. The van der Waals surface area contributed by atoms with E-state index in [1.54, 1.807) is 0 Å². The van der Waals surface area contributed by atoms with Crippen LogP contribution in [0.3, 0.4) is 0 Å². The highest BCUT2D eigenvalue weighted by Crippen LogP contribution is 2.13. The number of halogens is 1. The Hall–Kier alpha value is -1.29. The third-order valence-corrected chi connectivity index (χ3v) is 2.86. The van der Waals surface area contributed by atoms with E-state index in [4.69, 9.17) is 10.5 Å². The molecular formula is C14H19BrN2O. The van der Waals surface area contributed by atoms with Gasteiger partial charge in [-0.1, -0.05) is 37.3 Å². The van der Waals surface area contributed by atoms with Crippen LogP contribution in [0.25, 0.3) is 0 Å². The molecule has 1 rings (SSSR count). The lowest BCUT2D eigenvalue weighted by atomic mass is 10.2. The average molecular weight is 311 g/mol. The normalized spacial score (nSPS) is 13.2. The Morgan fingerprint density at radius 2 is 2.00 bits per heavy atom. The van der Waals surface area contributed by atoms with Gasteiger partial charge in [0.15, 0.2) is 5.76 Å². The Morgan fingerprint density at radius 1 is 1.33 bits per heavy atom. The molecule has 3 nitrogen and oxygen atoms in total. The number of nitrogens with zero attached hydrogens (tertiary/aromatic N) is 1. The molecule has 1 aromatic carbocycles. The number of rotatable bonds is 6. The molecule has 0 aliphatic rings. The van der Waals surface area contributed by atoms with Crippen LogP contribution in [0.4, 0.5) is 0 Å². The molecule has 0 saturated heterocycles. The van der Waals surface area contributed by atoms with E-state index >= 15 is 0 Å². The molecule has 0 aliphatic heterocycles. The van der Waals surface area contributed by atoms with E-state index in [-0.39, 0.29) is 0 Å². The van der Waals surface area contributed by atoms with E-state index < -0.39 is 0 Å². The van der Waals surface area contributed by atoms with Gasteiger partial charge in [-0.15, -0.1) is 0 Å². The van der Waals surface area contributed by atoms with Crippen LogP contribution in [-0.2, 0) is 11.3 Å². The summed E-state index contributed by atoms with van der Waals surface area (Å²) in [7, 11) is 0. The lowest BCUT2D eigenvalue weighted by Gasteiger charge is -2.11. The van der Waals surface area contributed by atoms with Crippen LogP contribution in [0.1, 0.15) is 25.8 Å². The fourth-order valence-corrected chi connectivity index (χ4v) is 1.95. The van der Waals surface area contributed by atoms with Gasteiger partial charge in [0.1, 0.15) is 11.2 Å². The number of nitrogens with two attached hydrogens (primary N) is 1. The van der Waals surface area contributed by atoms with Gasteiger partial charge in [0.2, 0.25) is 0 Å². The Kier molecular flexibility index (Phi) is 6.50. The van der Waals surface area contributed by atoms with Crippen LogP contribution < -0.4 is 5.73 Å². The molecule has 1 aromatic rings. The summed E-state index contributed by atoms with van der Waals surface area (Å²) in [6, 6.07) is 9.98. The second kappa shape index (κ2) is 7.93. The Labute approximate surface area is 117 Å². The first kappa shape index (κ1) is 14.8. The largest absolute Gasteiger partial charge is 0.484 e. The maximum atomic E-state index is 5.82. The summed E-state index contributed by atoms with van der Waals surface area (Å²) in [4.78, 5) is 4.35. The Morgan fingerprint density at radius 3 is 2.56 bits per heavy atom. The van der Waals surface area contributed by atoms with Gasteiger partial charge in [0.25, 0.3) is 0 Å². The van der Waals surface area contributed by atoms with Crippen LogP contribution in [0.2, 0.25) is 0 Å². The average Bonchev–Trinajstić information content (AvgIpc) is 2.37. The molecule has 0 heterocycles. The van der Waals surface area contributed by atoms with Crippen molar-refractivity contribution in [2.24, 2.45) is 10.7 Å². The maximum Gasteiger partial charge on any atom is 0.170 e. The van der Waals surface area contributed by atoms with Crippen LogP contribution in [0.15, 0.2) is 46.8 Å². The molecule has 0 saturated carbocycles. The van der Waals surface area contributed by atoms with Gasteiger partial charge in [-0.25, -0.2) is 0 Å². The standard InChI is InChI=1S/C14H19BrN2O/c1-3-9-17-14(15)13(11(2)16)18-10-12-7-5-4-6-8-12/h4-8H,3,9-10,16H2,1-2H3/b13-11+,17-14?. The molecule has 0 fully saturated rings. The van der Waals surface area contributed by atoms with Crippen molar-refractivity contribution in [1.29, 1.82) is 0 Å². The SMILES string of the molecule is CCCN=C(Br)/C(OCc1ccccc1)=C(/C)N. The van der Waals surface area contributed by atoms with Gasteiger partial charge >= 0.3 is 0 Å². The van der Waals surface area contributed by atoms with Crippen molar-refractivity contribution in [1.82, 2.24) is 0 Å². The van der Waals surface area contributed by atoms with Crippen molar-refractivity contribution in [3.8, 4) is 0 Å². The number of ether oxygens (including phenoxy) is 1. The second-order valence-electron chi connectivity index (χ2n) is 3.96. The number of aliphatic imine (C=N–C) groups is 1. The zero-order valence-corrected chi connectivity index (χ0v) is 12.4. The summed E-state index contributed by atoms with van der Waals surface area (Å²) >= 11 is 3.41. The molecule has 4 heteroatoms. The van der Waals surface area contributed by atoms with Gasteiger partial charge in [-0.2, -0.15) is 0 Å². The minimum atomic E-state index is 0.488. The predicted octanol–water partition coefficient (Wildman–Crippen LogP) is 3.60. The summed E-state index contributed by atoms with van der Waals surface area (Å²) in [5.74, 6) is 0.618. The highest BCUT2D eigenvalue weighted by molar-refractivity contribution is 9.18. The van der Waals surface area contributed by atoms with E-state index in [0.29, 0.717) is 22.7 Å². The maximum absolute atomic E-state index is 5.82. The van der Waals surface area contributed by atoms with Gasteiger partial charge in [-0.3, -0.25) is 4.99 Å². The van der Waals surface area contributed by atoms with Gasteiger partial charge in [0, 0.05) is 6.54 Å².